The van der Waals surface area contributed by atoms with Crippen molar-refractivity contribution in [2.45, 2.75) is 5.92 Å². The van der Waals surface area contributed by atoms with Crippen LogP contribution in [0.3, 0.4) is 0 Å². The molecular formula is C19H18F2N2O3. The molecule has 1 aliphatic rings. The molecule has 1 N–H and O–H groups in total. The molecule has 2 aromatic carbocycles. The number of carbonyl (C=O) groups excluding carboxylic acids is 2. The third-order valence-electron chi connectivity index (χ3n) is 4.53. The molecule has 2 aromatic rings. The molecule has 0 bridgehead atoms. The molecule has 1 aliphatic heterocycles. The normalized spacial score (nSPS) is 19.5. The second-order valence-corrected chi connectivity index (χ2v) is 6.17. The third-order valence-corrected chi connectivity index (χ3v) is 4.53. The van der Waals surface area contributed by atoms with E-state index in [1.807, 2.05) is 6.07 Å². The molecule has 1 heterocycles. The largest absolute Gasteiger partial charge is 0.497 e. The summed E-state index contributed by atoms with van der Waals surface area (Å²) in [4.78, 5) is 26.6. The van der Waals surface area contributed by atoms with Gasteiger partial charge in [-0.1, -0.05) is 18.2 Å². The summed E-state index contributed by atoms with van der Waals surface area (Å²) in [6.07, 6.45) is 0. The van der Waals surface area contributed by atoms with E-state index in [9.17, 15) is 18.4 Å². The van der Waals surface area contributed by atoms with Crippen LogP contribution in [0.1, 0.15) is 11.5 Å². The van der Waals surface area contributed by atoms with Crippen LogP contribution in [-0.2, 0) is 9.59 Å². The number of anilines is 1. The molecule has 5 nitrogen and oxygen atoms in total. The van der Waals surface area contributed by atoms with E-state index >= 15 is 0 Å². The van der Waals surface area contributed by atoms with E-state index in [4.69, 9.17) is 4.74 Å². The molecule has 1 saturated heterocycles. The maximum atomic E-state index is 13.8. The number of likely N-dealkylation sites (N-methyl/N-ethyl adjacent to an activating group) is 1. The van der Waals surface area contributed by atoms with Gasteiger partial charge in [-0.3, -0.25) is 9.59 Å². The molecule has 136 valence electrons. The third kappa shape index (κ3) is 3.24. The number of methoxy groups -OCH3 is 1. The van der Waals surface area contributed by atoms with E-state index in [1.165, 1.54) is 24.1 Å². The van der Waals surface area contributed by atoms with E-state index in [0.717, 1.165) is 11.6 Å². The zero-order valence-corrected chi connectivity index (χ0v) is 14.3. The number of nitrogens with one attached hydrogen (secondary N) is 1. The zero-order valence-electron chi connectivity index (χ0n) is 14.3. The van der Waals surface area contributed by atoms with Gasteiger partial charge in [0.15, 0.2) is 11.6 Å². The minimum atomic E-state index is -1.16. The van der Waals surface area contributed by atoms with Gasteiger partial charge in [-0.2, -0.15) is 0 Å². The Hall–Kier alpha value is -2.96. The molecular weight excluding hydrogens is 342 g/mol. The van der Waals surface area contributed by atoms with Gasteiger partial charge in [-0.25, -0.2) is 8.78 Å². The number of benzene rings is 2. The molecule has 7 heteroatoms. The van der Waals surface area contributed by atoms with Crippen molar-refractivity contribution < 1.29 is 23.1 Å². The Labute approximate surface area is 149 Å². The molecule has 2 amide bonds. The van der Waals surface area contributed by atoms with Crippen LogP contribution in [-0.4, -0.2) is 37.4 Å². The minimum absolute atomic E-state index is 0.290. The molecule has 0 radical (unpaired) electrons. The molecule has 1 fully saturated rings. The topological polar surface area (TPSA) is 58.6 Å². The highest BCUT2D eigenvalue weighted by molar-refractivity contribution is 6.08. The van der Waals surface area contributed by atoms with Crippen LogP contribution in [0.15, 0.2) is 42.5 Å². The van der Waals surface area contributed by atoms with Gasteiger partial charge in [0, 0.05) is 19.5 Å². The predicted molar refractivity (Wildman–Crippen MR) is 91.8 cm³/mol. The van der Waals surface area contributed by atoms with Crippen LogP contribution in [0.25, 0.3) is 0 Å². The van der Waals surface area contributed by atoms with E-state index in [1.54, 1.807) is 25.2 Å². The van der Waals surface area contributed by atoms with Crippen molar-refractivity contribution in [1.29, 1.82) is 0 Å². The van der Waals surface area contributed by atoms with Gasteiger partial charge in [-0.05, 0) is 29.8 Å². The van der Waals surface area contributed by atoms with Crippen molar-refractivity contribution in [1.82, 2.24) is 4.90 Å². The smallest absolute Gasteiger partial charge is 0.237 e. The number of rotatable bonds is 4. The van der Waals surface area contributed by atoms with Gasteiger partial charge >= 0.3 is 0 Å². The number of ether oxygens (including phenoxy) is 1. The summed E-state index contributed by atoms with van der Waals surface area (Å²) in [6.45, 7) is 0.343. The van der Waals surface area contributed by atoms with Crippen molar-refractivity contribution in [3.05, 3.63) is 59.7 Å². The Bertz CT molecular complexity index is 856. The lowest BCUT2D eigenvalue weighted by molar-refractivity contribution is -0.135. The summed E-state index contributed by atoms with van der Waals surface area (Å²) < 4.78 is 32.4. The minimum Gasteiger partial charge on any atom is -0.497 e. The van der Waals surface area contributed by atoms with Crippen molar-refractivity contribution in [2.24, 2.45) is 5.92 Å². The number of hydrogen-bond acceptors (Lipinski definition) is 3. The number of hydrogen-bond donors (Lipinski definition) is 1. The average Bonchev–Trinajstić information content (AvgIpc) is 2.94. The molecule has 0 aliphatic carbocycles. The number of amides is 2. The highest BCUT2D eigenvalue weighted by Crippen LogP contribution is 2.35. The summed E-state index contributed by atoms with van der Waals surface area (Å²) in [7, 11) is 3.13. The van der Waals surface area contributed by atoms with Crippen LogP contribution in [0.4, 0.5) is 14.5 Å². The lowest BCUT2D eigenvalue weighted by Gasteiger charge is -2.18. The molecule has 3 rings (SSSR count). The lowest BCUT2D eigenvalue weighted by Crippen LogP contribution is -2.33. The first-order valence-electron chi connectivity index (χ1n) is 8.06. The van der Waals surface area contributed by atoms with E-state index in [0.29, 0.717) is 12.3 Å². The first-order chi connectivity index (χ1) is 12.4. The summed E-state index contributed by atoms with van der Waals surface area (Å²) in [5.74, 6) is -4.10. The van der Waals surface area contributed by atoms with Crippen molar-refractivity contribution in [2.75, 3.05) is 26.0 Å². The second-order valence-electron chi connectivity index (χ2n) is 6.17. The lowest BCUT2D eigenvalue weighted by atomic mass is 9.87. The van der Waals surface area contributed by atoms with Gasteiger partial charge in [0.1, 0.15) is 11.7 Å². The monoisotopic (exact) mass is 360 g/mol. The molecule has 0 aromatic heterocycles. The van der Waals surface area contributed by atoms with Crippen LogP contribution in [0.5, 0.6) is 5.75 Å². The van der Waals surface area contributed by atoms with Crippen LogP contribution in [0, 0.1) is 17.6 Å². The SMILES string of the molecule is COc1cccc([C@H]2CN(C)C(=O)[C@@H]2C(=O)Nc2cccc(F)c2F)c1. The van der Waals surface area contributed by atoms with Gasteiger partial charge in [-0.15, -0.1) is 0 Å². The Kier molecular flexibility index (Phi) is 4.88. The number of halogens is 2. The second kappa shape index (κ2) is 7.11. The fourth-order valence-corrected chi connectivity index (χ4v) is 3.18. The predicted octanol–water partition coefficient (Wildman–Crippen LogP) is 2.78. The first kappa shape index (κ1) is 17.8. The number of nitrogens with zero attached hydrogens (tertiary/aromatic N) is 1. The van der Waals surface area contributed by atoms with Crippen LogP contribution >= 0.6 is 0 Å². The van der Waals surface area contributed by atoms with Gasteiger partial charge in [0.2, 0.25) is 11.8 Å². The average molecular weight is 360 g/mol. The summed E-state index contributed by atoms with van der Waals surface area (Å²) in [5.41, 5.74) is 0.476. The summed E-state index contributed by atoms with van der Waals surface area (Å²) in [6, 6.07) is 10.6. The number of likely N-dealkylation sites (tertiary alicyclic amines) is 1. The molecule has 0 saturated carbocycles. The van der Waals surface area contributed by atoms with Crippen LogP contribution in [0.2, 0.25) is 0 Å². The highest BCUT2D eigenvalue weighted by Gasteiger charge is 2.44. The highest BCUT2D eigenvalue weighted by atomic mass is 19.2. The van der Waals surface area contributed by atoms with Crippen molar-refractivity contribution in [3.8, 4) is 5.75 Å². The maximum absolute atomic E-state index is 13.8. The van der Waals surface area contributed by atoms with Gasteiger partial charge in [0.05, 0.1) is 12.8 Å². The van der Waals surface area contributed by atoms with Crippen molar-refractivity contribution >= 4 is 17.5 Å². The Balaban J connectivity index is 1.90. The number of carbonyl (C=O) groups is 2. The Morgan fingerprint density at radius 1 is 1.23 bits per heavy atom. The standard InChI is InChI=1S/C19H18F2N2O3/c1-23-10-13(11-5-3-6-12(9-11)26-2)16(19(23)25)18(24)22-15-8-4-7-14(20)17(15)21/h3-9,13,16H,10H2,1-2H3,(H,22,24)/t13-,16+/m1/s1. The fraction of sp³-hybridized carbons (Fsp3) is 0.263. The van der Waals surface area contributed by atoms with E-state index < -0.39 is 29.4 Å². The van der Waals surface area contributed by atoms with E-state index in [2.05, 4.69) is 5.32 Å². The van der Waals surface area contributed by atoms with Gasteiger partial charge in [0.25, 0.3) is 0 Å². The molecule has 0 unspecified atom stereocenters. The van der Waals surface area contributed by atoms with Crippen molar-refractivity contribution in [3.63, 3.8) is 0 Å². The van der Waals surface area contributed by atoms with Gasteiger partial charge < -0.3 is 15.0 Å². The fourth-order valence-electron chi connectivity index (χ4n) is 3.18. The molecule has 0 spiro atoms. The Morgan fingerprint density at radius 3 is 2.69 bits per heavy atom. The first-order valence-corrected chi connectivity index (χ1v) is 8.06. The van der Waals surface area contributed by atoms with E-state index in [-0.39, 0.29) is 11.6 Å². The van der Waals surface area contributed by atoms with Crippen LogP contribution < -0.4 is 10.1 Å². The summed E-state index contributed by atoms with van der Waals surface area (Å²) >= 11 is 0. The quantitative estimate of drug-likeness (QED) is 0.853. The molecule has 26 heavy (non-hydrogen) atoms. The summed E-state index contributed by atoms with van der Waals surface area (Å²) in [5, 5.41) is 2.34. The molecule has 2 atom stereocenters. The Morgan fingerprint density at radius 2 is 1.96 bits per heavy atom. The maximum Gasteiger partial charge on any atom is 0.237 e. The zero-order chi connectivity index (χ0) is 18.8.